The summed E-state index contributed by atoms with van der Waals surface area (Å²) in [5, 5.41) is 2.53. The van der Waals surface area contributed by atoms with Gasteiger partial charge in [0.15, 0.2) is 0 Å². The Morgan fingerprint density at radius 1 is 1.03 bits per heavy atom. The van der Waals surface area contributed by atoms with Crippen LogP contribution in [0.1, 0.15) is 56.5 Å². The Labute approximate surface area is 189 Å². The van der Waals surface area contributed by atoms with Gasteiger partial charge in [0.25, 0.3) is 11.7 Å². The molecule has 0 radical (unpaired) electrons. The van der Waals surface area contributed by atoms with Crippen molar-refractivity contribution in [2.75, 3.05) is 25.0 Å². The highest BCUT2D eigenvalue weighted by atomic mass is 32.2. The van der Waals surface area contributed by atoms with Crippen molar-refractivity contribution in [3.05, 3.63) is 53.6 Å². The third-order valence-electron chi connectivity index (χ3n) is 5.40. The number of ether oxygens (including phenoxy) is 1. The van der Waals surface area contributed by atoms with E-state index in [0.717, 1.165) is 18.4 Å². The van der Waals surface area contributed by atoms with Crippen LogP contribution in [0.2, 0.25) is 0 Å². The number of nitrogens with one attached hydrogen (secondary N) is 1. The first-order valence-electron chi connectivity index (χ1n) is 10.8. The van der Waals surface area contributed by atoms with E-state index in [2.05, 4.69) is 26.1 Å². The number of carbonyl (C=O) groups excluding carboxylic acids is 2. The third kappa shape index (κ3) is 5.19. The molecule has 8 heteroatoms. The van der Waals surface area contributed by atoms with Crippen molar-refractivity contribution in [2.45, 2.75) is 50.8 Å². The average Bonchev–Trinajstić information content (AvgIpc) is 3.30. The lowest BCUT2D eigenvalue weighted by Crippen LogP contribution is -2.28. The molecule has 0 saturated carbocycles. The van der Waals surface area contributed by atoms with Gasteiger partial charge in [0.05, 0.1) is 6.61 Å². The number of hydrogen-bond acceptors (Lipinski definition) is 5. The van der Waals surface area contributed by atoms with Crippen molar-refractivity contribution in [1.29, 1.82) is 0 Å². The molecule has 1 heterocycles. The lowest BCUT2D eigenvalue weighted by atomic mass is 9.86. The number of hydrogen-bond donors (Lipinski definition) is 1. The van der Waals surface area contributed by atoms with Gasteiger partial charge in [0.1, 0.15) is 10.6 Å². The number of benzene rings is 2. The second kappa shape index (κ2) is 9.42. The Morgan fingerprint density at radius 3 is 2.22 bits per heavy atom. The first kappa shape index (κ1) is 23.9. The maximum absolute atomic E-state index is 13.1. The van der Waals surface area contributed by atoms with Crippen LogP contribution in [0.3, 0.4) is 0 Å². The summed E-state index contributed by atoms with van der Waals surface area (Å²) in [5.41, 5.74) is 1.48. The van der Waals surface area contributed by atoms with E-state index in [0.29, 0.717) is 19.7 Å². The van der Waals surface area contributed by atoms with E-state index in [4.69, 9.17) is 4.74 Å². The smallest absolute Gasteiger partial charge is 0.296 e. The monoisotopic (exact) mass is 458 g/mol. The van der Waals surface area contributed by atoms with Crippen molar-refractivity contribution in [3.63, 3.8) is 0 Å². The van der Waals surface area contributed by atoms with Crippen molar-refractivity contribution < 1.29 is 22.7 Å². The number of nitrogens with zero attached hydrogens (tertiary/aromatic N) is 1. The molecule has 0 aliphatic carbocycles. The maximum atomic E-state index is 13.1. The van der Waals surface area contributed by atoms with Gasteiger partial charge >= 0.3 is 0 Å². The zero-order valence-corrected chi connectivity index (χ0v) is 19.8. The fourth-order valence-electron chi connectivity index (χ4n) is 3.57. The second-order valence-electron chi connectivity index (χ2n) is 8.82. The number of sulfonamides is 1. The molecular weight excluding hydrogens is 428 g/mol. The quantitative estimate of drug-likeness (QED) is 0.500. The van der Waals surface area contributed by atoms with Gasteiger partial charge in [-0.2, -0.15) is 4.31 Å². The van der Waals surface area contributed by atoms with Crippen LogP contribution < -0.4 is 10.1 Å². The fraction of sp³-hybridized carbons (Fsp3) is 0.417. The molecule has 1 fully saturated rings. The number of carbonyl (C=O) groups is 2. The van der Waals surface area contributed by atoms with E-state index < -0.39 is 21.7 Å². The summed E-state index contributed by atoms with van der Waals surface area (Å²) in [7, 11) is -3.77. The molecule has 7 nitrogen and oxygen atoms in total. The summed E-state index contributed by atoms with van der Waals surface area (Å²) < 4.78 is 33.1. The highest BCUT2D eigenvalue weighted by Crippen LogP contribution is 2.31. The molecule has 0 spiro atoms. The molecule has 172 valence electrons. The molecule has 1 aliphatic heterocycles. The summed E-state index contributed by atoms with van der Waals surface area (Å²) in [4.78, 5) is 25.2. The molecule has 1 amide bonds. The van der Waals surface area contributed by atoms with Gasteiger partial charge in [-0.3, -0.25) is 9.59 Å². The third-order valence-corrected chi connectivity index (χ3v) is 7.32. The average molecular weight is 459 g/mol. The molecule has 2 aromatic carbocycles. The van der Waals surface area contributed by atoms with Crippen LogP contribution in [0.15, 0.2) is 47.4 Å². The minimum absolute atomic E-state index is 0.0129. The van der Waals surface area contributed by atoms with Crippen molar-refractivity contribution in [3.8, 4) is 5.75 Å². The molecule has 0 bridgehead atoms. The minimum Gasteiger partial charge on any atom is -0.492 e. The SMILES string of the molecule is CCOc1ccc(NC(=O)C(=O)c2ccc(C(C)(C)C)cc2)cc1S(=O)(=O)N1CCCC1. The van der Waals surface area contributed by atoms with Crippen molar-refractivity contribution in [2.24, 2.45) is 0 Å². The number of anilines is 1. The van der Waals surface area contributed by atoms with Gasteiger partial charge < -0.3 is 10.1 Å². The second-order valence-corrected chi connectivity index (χ2v) is 10.7. The first-order chi connectivity index (χ1) is 15.0. The van der Waals surface area contributed by atoms with Gasteiger partial charge in [-0.15, -0.1) is 0 Å². The predicted molar refractivity (Wildman–Crippen MR) is 124 cm³/mol. The minimum atomic E-state index is -3.77. The van der Waals surface area contributed by atoms with Crippen molar-refractivity contribution >= 4 is 27.4 Å². The highest BCUT2D eigenvalue weighted by molar-refractivity contribution is 7.89. The molecule has 32 heavy (non-hydrogen) atoms. The summed E-state index contributed by atoms with van der Waals surface area (Å²) in [6.07, 6.45) is 1.62. The lowest BCUT2D eigenvalue weighted by Gasteiger charge is -2.19. The van der Waals surface area contributed by atoms with Gasteiger partial charge in [0, 0.05) is 24.3 Å². The van der Waals surface area contributed by atoms with Crippen LogP contribution in [0.5, 0.6) is 5.75 Å². The van der Waals surface area contributed by atoms with Crippen molar-refractivity contribution in [1.82, 2.24) is 4.31 Å². The molecule has 3 rings (SSSR count). The van der Waals surface area contributed by atoms with Crippen LogP contribution in [0, 0.1) is 0 Å². The molecule has 0 atom stereocenters. The van der Waals surface area contributed by atoms with Crippen LogP contribution in [0.4, 0.5) is 5.69 Å². The van der Waals surface area contributed by atoms with E-state index >= 15 is 0 Å². The normalized spacial score (nSPS) is 14.9. The van der Waals surface area contributed by atoms with Gasteiger partial charge in [-0.05, 0) is 48.9 Å². The molecule has 1 N–H and O–H groups in total. The first-order valence-corrected chi connectivity index (χ1v) is 12.2. The Kier molecular flexibility index (Phi) is 7.05. The molecule has 1 aliphatic rings. The number of ketones is 1. The number of amides is 1. The molecular formula is C24H30N2O5S. The topological polar surface area (TPSA) is 92.8 Å². The lowest BCUT2D eigenvalue weighted by molar-refractivity contribution is -0.112. The van der Waals surface area contributed by atoms with E-state index in [9.17, 15) is 18.0 Å². The Hall–Kier alpha value is -2.71. The van der Waals surface area contributed by atoms with E-state index in [1.807, 2.05) is 12.1 Å². The van der Waals surface area contributed by atoms with E-state index in [1.165, 1.54) is 22.5 Å². The summed E-state index contributed by atoms with van der Waals surface area (Å²) in [6.45, 7) is 9.17. The maximum Gasteiger partial charge on any atom is 0.296 e. The predicted octanol–water partition coefficient (Wildman–Crippen LogP) is 3.99. The molecule has 0 unspecified atom stereocenters. The summed E-state index contributed by atoms with van der Waals surface area (Å²) >= 11 is 0. The Bertz CT molecular complexity index is 1100. The Balaban J connectivity index is 1.83. The van der Waals surface area contributed by atoms with Gasteiger partial charge in [0.2, 0.25) is 10.0 Å². The van der Waals surface area contributed by atoms with Gasteiger partial charge in [-0.1, -0.05) is 45.0 Å². The van der Waals surface area contributed by atoms with Crippen LogP contribution in [-0.2, 0) is 20.2 Å². The van der Waals surface area contributed by atoms with Crippen LogP contribution in [-0.4, -0.2) is 44.1 Å². The van der Waals surface area contributed by atoms with Gasteiger partial charge in [-0.25, -0.2) is 8.42 Å². The summed E-state index contributed by atoms with van der Waals surface area (Å²) in [6, 6.07) is 11.3. The standard InChI is InChI=1S/C24H30N2O5S/c1-5-31-20-13-12-19(16-21(20)32(29,30)26-14-6-7-15-26)25-23(28)22(27)17-8-10-18(11-9-17)24(2,3)4/h8-13,16H,5-7,14-15H2,1-4H3,(H,25,28). The van der Waals surface area contributed by atoms with E-state index in [1.54, 1.807) is 19.1 Å². The number of Topliss-reactive ketones (excluding diaryl/α,β-unsaturated/α-hetero) is 1. The molecule has 0 aromatic heterocycles. The zero-order valence-electron chi connectivity index (χ0n) is 19.0. The zero-order chi connectivity index (χ0) is 23.5. The van der Waals surface area contributed by atoms with Crippen LogP contribution >= 0.6 is 0 Å². The summed E-state index contributed by atoms with van der Waals surface area (Å²) in [5.74, 6) is -1.30. The fourth-order valence-corrected chi connectivity index (χ4v) is 5.24. The number of rotatable bonds is 7. The Morgan fingerprint density at radius 2 is 1.66 bits per heavy atom. The van der Waals surface area contributed by atoms with Crippen LogP contribution in [0.25, 0.3) is 0 Å². The highest BCUT2D eigenvalue weighted by Gasteiger charge is 2.30. The van der Waals surface area contributed by atoms with E-state index in [-0.39, 0.29) is 27.3 Å². The largest absolute Gasteiger partial charge is 0.492 e. The molecule has 1 saturated heterocycles. The molecule has 2 aromatic rings.